The van der Waals surface area contributed by atoms with Gasteiger partial charge in [0.25, 0.3) is 0 Å². The Morgan fingerprint density at radius 1 is 1.15 bits per heavy atom. The normalized spacial score (nSPS) is 11.2. The van der Waals surface area contributed by atoms with Crippen molar-refractivity contribution in [2.24, 2.45) is 0 Å². The van der Waals surface area contributed by atoms with Crippen LogP contribution in [0.1, 0.15) is 25.6 Å². The van der Waals surface area contributed by atoms with Gasteiger partial charge in [0.2, 0.25) is 0 Å². The second-order valence-electron chi connectivity index (χ2n) is 7.67. The largest absolute Gasteiger partial charge is 0.508 e. The summed E-state index contributed by atoms with van der Waals surface area (Å²) < 4.78 is 7.70. The summed E-state index contributed by atoms with van der Waals surface area (Å²) in [5.74, 6) is 1.26. The number of phenolic OH excluding ortho intramolecular Hbond substituents is 1. The predicted molar refractivity (Wildman–Crippen MR) is 129 cm³/mol. The number of nitrogen functional groups attached to an aromatic ring is 1. The molecule has 0 saturated heterocycles. The number of phenols is 1. The lowest BCUT2D eigenvalue weighted by atomic mass is 10.1. The Balaban J connectivity index is 1.48. The third-order valence-corrected chi connectivity index (χ3v) is 5.33. The van der Waals surface area contributed by atoms with Crippen molar-refractivity contribution in [1.29, 1.82) is 0 Å². The van der Waals surface area contributed by atoms with E-state index in [0.29, 0.717) is 43.2 Å². The average Bonchev–Trinajstić information content (AvgIpc) is 3.18. The summed E-state index contributed by atoms with van der Waals surface area (Å²) in [4.78, 5) is 21.2. The number of carbonyl (C=O) groups excluding carboxylic acids is 1. The summed E-state index contributed by atoms with van der Waals surface area (Å²) in [7, 11) is 0. The molecule has 4 aromatic rings. The molecule has 9 nitrogen and oxygen atoms in total. The monoisotopic (exact) mass is 448 g/mol. The number of ether oxygens (including phenoxy) is 1. The minimum absolute atomic E-state index is 0.156. The van der Waals surface area contributed by atoms with Gasteiger partial charge >= 0.3 is 6.03 Å². The van der Waals surface area contributed by atoms with Gasteiger partial charge in [-0.25, -0.2) is 14.8 Å². The van der Waals surface area contributed by atoms with E-state index in [1.807, 2.05) is 37.3 Å². The molecule has 5 N–H and O–H groups in total. The minimum atomic E-state index is -0.230. The van der Waals surface area contributed by atoms with Gasteiger partial charge in [0.15, 0.2) is 5.82 Å². The molecule has 0 aliphatic carbocycles. The number of hydrogen-bond acceptors (Lipinski definition) is 6. The van der Waals surface area contributed by atoms with Crippen molar-refractivity contribution in [2.75, 3.05) is 24.2 Å². The average molecular weight is 449 g/mol. The van der Waals surface area contributed by atoms with E-state index in [9.17, 15) is 9.90 Å². The van der Waals surface area contributed by atoms with Crippen LogP contribution in [0, 0.1) is 0 Å². The third kappa shape index (κ3) is 5.15. The molecular formula is C24H28N6O3. The highest BCUT2D eigenvalue weighted by atomic mass is 16.5. The van der Waals surface area contributed by atoms with Crippen molar-refractivity contribution in [3.05, 3.63) is 54.4 Å². The highest BCUT2D eigenvalue weighted by molar-refractivity contribution is 6.07. The summed E-state index contributed by atoms with van der Waals surface area (Å²) >= 11 is 0. The van der Waals surface area contributed by atoms with Crippen molar-refractivity contribution in [1.82, 2.24) is 19.9 Å². The SMILES string of the molecule is CCOCc1nc2c(N)nc3ccc(O)cc3c2n1CCCCNC(=O)Nc1ccccc1. The van der Waals surface area contributed by atoms with Crippen molar-refractivity contribution in [3.8, 4) is 5.75 Å². The molecule has 0 bridgehead atoms. The Hall–Kier alpha value is -3.85. The number of aryl methyl sites for hydroxylation is 1. The van der Waals surface area contributed by atoms with Gasteiger partial charge in [-0.3, -0.25) is 0 Å². The molecule has 0 aliphatic rings. The van der Waals surface area contributed by atoms with Crippen molar-refractivity contribution in [2.45, 2.75) is 32.9 Å². The molecule has 0 saturated carbocycles. The summed E-state index contributed by atoms with van der Waals surface area (Å²) in [5, 5.41) is 16.5. The number of aromatic hydroxyl groups is 1. The van der Waals surface area contributed by atoms with Crippen LogP contribution < -0.4 is 16.4 Å². The number of anilines is 2. The minimum Gasteiger partial charge on any atom is -0.508 e. The quantitative estimate of drug-likeness (QED) is 0.287. The topological polar surface area (TPSA) is 127 Å². The van der Waals surface area contributed by atoms with E-state index >= 15 is 0 Å². The Labute approximate surface area is 191 Å². The van der Waals surface area contributed by atoms with E-state index in [2.05, 4.69) is 20.2 Å². The Kier molecular flexibility index (Phi) is 6.89. The third-order valence-electron chi connectivity index (χ3n) is 5.33. The molecule has 33 heavy (non-hydrogen) atoms. The molecule has 2 heterocycles. The molecule has 0 fully saturated rings. The van der Waals surface area contributed by atoms with Crippen LogP contribution in [-0.2, 0) is 17.9 Å². The van der Waals surface area contributed by atoms with Crippen molar-refractivity contribution >= 4 is 39.5 Å². The molecule has 0 atom stereocenters. The highest BCUT2D eigenvalue weighted by Gasteiger charge is 2.17. The number of carbonyl (C=O) groups is 1. The maximum atomic E-state index is 12.1. The van der Waals surface area contributed by atoms with Crippen LogP contribution in [0.3, 0.4) is 0 Å². The van der Waals surface area contributed by atoms with Gasteiger partial charge < -0.3 is 30.8 Å². The summed E-state index contributed by atoms with van der Waals surface area (Å²) in [5.41, 5.74) is 9.08. The molecule has 0 radical (unpaired) electrons. The number of fused-ring (bicyclic) bond motifs is 3. The first-order chi connectivity index (χ1) is 16.1. The summed E-state index contributed by atoms with van der Waals surface area (Å²) in [6.45, 7) is 4.05. The van der Waals surface area contributed by atoms with Crippen LogP contribution in [0.4, 0.5) is 16.3 Å². The summed E-state index contributed by atoms with van der Waals surface area (Å²) in [6.07, 6.45) is 1.58. The van der Waals surface area contributed by atoms with Gasteiger partial charge in [-0.05, 0) is 50.1 Å². The van der Waals surface area contributed by atoms with Crippen LogP contribution in [0.15, 0.2) is 48.5 Å². The molecular weight excluding hydrogens is 420 g/mol. The maximum absolute atomic E-state index is 12.1. The van der Waals surface area contributed by atoms with E-state index < -0.39 is 0 Å². The first-order valence-corrected chi connectivity index (χ1v) is 11.0. The number of imidazole rings is 1. The standard InChI is InChI=1S/C24H28N6O3/c1-2-33-15-20-29-21-22(18-14-17(31)10-11-19(18)28-23(21)25)30(20)13-7-6-12-26-24(32)27-16-8-4-3-5-9-16/h3-5,8-11,14,31H,2,6-7,12-13,15H2,1H3,(H2,25,28)(H2,26,27,32). The number of nitrogens with one attached hydrogen (secondary N) is 2. The number of aromatic nitrogens is 3. The molecule has 4 rings (SSSR count). The van der Waals surface area contributed by atoms with E-state index in [1.165, 1.54) is 0 Å². The van der Waals surface area contributed by atoms with Gasteiger partial charge in [0, 0.05) is 30.8 Å². The number of para-hydroxylation sites is 1. The van der Waals surface area contributed by atoms with E-state index in [1.54, 1.807) is 18.2 Å². The number of nitrogens with two attached hydrogens (primary N) is 1. The fraction of sp³-hybridized carbons (Fsp3) is 0.292. The number of hydrogen-bond donors (Lipinski definition) is 4. The van der Waals surface area contributed by atoms with Gasteiger partial charge in [-0.2, -0.15) is 0 Å². The molecule has 0 unspecified atom stereocenters. The first-order valence-electron chi connectivity index (χ1n) is 11.0. The van der Waals surface area contributed by atoms with Gasteiger partial charge in [0.1, 0.15) is 23.7 Å². The molecule has 0 spiro atoms. The van der Waals surface area contributed by atoms with Crippen LogP contribution >= 0.6 is 0 Å². The fourth-order valence-electron chi connectivity index (χ4n) is 3.78. The van der Waals surface area contributed by atoms with Crippen LogP contribution in [0.25, 0.3) is 21.9 Å². The Morgan fingerprint density at radius 3 is 2.76 bits per heavy atom. The number of urea groups is 1. The van der Waals surface area contributed by atoms with E-state index in [0.717, 1.165) is 35.3 Å². The van der Waals surface area contributed by atoms with Crippen LogP contribution in [0.2, 0.25) is 0 Å². The molecule has 9 heteroatoms. The maximum Gasteiger partial charge on any atom is 0.319 e. The highest BCUT2D eigenvalue weighted by Crippen LogP contribution is 2.31. The van der Waals surface area contributed by atoms with Crippen molar-refractivity contribution in [3.63, 3.8) is 0 Å². The number of rotatable bonds is 9. The molecule has 172 valence electrons. The van der Waals surface area contributed by atoms with E-state index in [-0.39, 0.29) is 11.8 Å². The summed E-state index contributed by atoms with van der Waals surface area (Å²) in [6, 6.07) is 14.1. The lowest BCUT2D eigenvalue weighted by Gasteiger charge is -2.12. The van der Waals surface area contributed by atoms with Gasteiger partial charge in [-0.1, -0.05) is 18.2 Å². The molecule has 2 amide bonds. The number of benzene rings is 2. The van der Waals surface area contributed by atoms with Gasteiger partial charge in [-0.15, -0.1) is 0 Å². The Bertz CT molecular complexity index is 1260. The zero-order valence-corrected chi connectivity index (χ0v) is 18.5. The first kappa shape index (κ1) is 22.3. The second kappa shape index (κ2) is 10.2. The number of pyridine rings is 1. The zero-order valence-electron chi connectivity index (χ0n) is 18.5. The smallest absolute Gasteiger partial charge is 0.319 e. The molecule has 2 aromatic carbocycles. The van der Waals surface area contributed by atoms with Crippen LogP contribution in [0.5, 0.6) is 5.75 Å². The molecule has 0 aliphatic heterocycles. The lowest BCUT2D eigenvalue weighted by Crippen LogP contribution is -2.29. The van der Waals surface area contributed by atoms with Crippen LogP contribution in [-0.4, -0.2) is 38.8 Å². The number of unbranched alkanes of at least 4 members (excludes halogenated alkanes) is 1. The van der Waals surface area contributed by atoms with Gasteiger partial charge in [0.05, 0.1) is 11.0 Å². The Morgan fingerprint density at radius 2 is 1.97 bits per heavy atom. The lowest BCUT2D eigenvalue weighted by molar-refractivity contribution is 0.126. The van der Waals surface area contributed by atoms with E-state index in [4.69, 9.17) is 15.5 Å². The van der Waals surface area contributed by atoms with Crippen molar-refractivity contribution < 1.29 is 14.6 Å². The fourth-order valence-corrected chi connectivity index (χ4v) is 3.78. The predicted octanol–water partition coefficient (Wildman–Crippen LogP) is 4.01. The molecule has 2 aromatic heterocycles. The zero-order chi connectivity index (χ0) is 23.2. The number of amides is 2. The second-order valence-corrected chi connectivity index (χ2v) is 7.67. The number of nitrogens with zero attached hydrogens (tertiary/aromatic N) is 3.